The third kappa shape index (κ3) is 2.33. The molecule has 0 radical (unpaired) electrons. The normalized spacial score (nSPS) is 16.0. The maximum Gasteiger partial charge on any atom is 0.284 e. The first kappa shape index (κ1) is 13.6. The highest BCUT2D eigenvalue weighted by Gasteiger charge is 2.25. The van der Waals surface area contributed by atoms with Crippen LogP contribution in [-0.2, 0) is 11.2 Å². The third-order valence-electron chi connectivity index (χ3n) is 2.99. The van der Waals surface area contributed by atoms with Gasteiger partial charge in [0.1, 0.15) is 17.3 Å². The first-order valence-corrected chi connectivity index (χ1v) is 5.86. The van der Waals surface area contributed by atoms with Crippen LogP contribution in [0.1, 0.15) is 11.1 Å². The number of nitrogens with one attached hydrogen (secondary N) is 2. The lowest BCUT2D eigenvalue weighted by atomic mass is 9.99. The summed E-state index contributed by atoms with van der Waals surface area (Å²) in [7, 11) is 0. The van der Waals surface area contributed by atoms with Gasteiger partial charge in [-0.1, -0.05) is 12.2 Å². The summed E-state index contributed by atoms with van der Waals surface area (Å²) in [5.41, 5.74) is 5.78. The van der Waals surface area contributed by atoms with Crippen LogP contribution >= 0.6 is 0 Å². The standard InChI is InChI=1S/C13H14N4O3/c14-11-10-7(5-8(18)6-9(10)19)3-1-2-4-17(11)12(15)13(16)20/h1-2,5-6,14-15,18-19H,3-4H2,(H2,16,20)/b2-1-,14-11?,15-12?. The van der Waals surface area contributed by atoms with Crippen LogP contribution in [-0.4, -0.2) is 39.2 Å². The number of aromatic hydroxyl groups is 2. The molecule has 1 amide bonds. The van der Waals surface area contributed by atoms with Crippen LogP contribution in [0, 0.1) is 10.8 Å². The number of amides is 1. The molecule has 7 heteroatoms. The molecule has 0 spiro atoms. The average Bonchev–Trinajstić information content (AvgIpc) is 2.34. The Kier molecular flexibility index (Phi) is 3.43. The Bertz CT molecular complexity index is 637. The fourth-order valence-corrected chi connectivity index (χ4v) is 2.06. The monoisotopic (exact) mass is 274 g/mol. The fraction of sp³-hybridized carbons (Fsp3) is 0.154. The van der Waals surface area contributed by atoms with Crippen molar-refractivity contribution < 1.29 is 15.0 Å². The summed E-state index contributed by atoms with van der Waals surface area (Å²) in [5.74, 6) is -2.07. The lowest BCUT2D eigenvalue weighted by Gasteiger charge is -2.26. The molecule has 0 bridgehead atoms. The van der Waals surface area contributed by atoms with E-state index < -0.39 is 11.7 Å². The molecule has 0 saturated carbocycles. The summed E-state index contributed by atoms with van der Waals surface area (Å²) in [4.78, 5) is 12.2. The van der Waals surface area contributed by atoms with Gasteiger partial charge in [-0.3, -0.25) is 15.6 Å². The van der Waals surface area contributed by atoms with Crippen molar-refractivity contribution in [1.82, 2.24) is 4.90 Å². The van der Waals surface area contributed by atoms with Gasteiger partial charge < -0.3 is 20.8 Å². The number of fused-ring (bicyclic) bond motifs is 1. The van der Waals surface area contributed by atoms with Crippen molar-refractivity contribution in [3.63, 3.8) is 0 Å². The highest BCUT2D eigenvalue weighted by molar-refractivity contribution is 6.39. The number of phenols is 2. The maximum atomic E-state index is 11.1. The molecular weight excluding hydrogens is 260 g/mol. The molecule has 0 unspecified atom stereocenters. The van der Waals surface area contributed by atoms with Crippen molar-refractivity contribution in [3.05, 3.63) is 35.4 Å². The van der Waals surface area contributed by atoms with E-state index in [9.17, 15) is 15.0 Å². The van der Waals surface area contributed by atoms with E-state index in [4.69, 9.17) is 16.6 Å². The van der Waals surface area contributed by atoms with E-state index in [1.807, 2.05) is 0 Å². The minimum absolute atomic E-state index is 0.112. The van der Waals surface area contributed by atoms with Gasteiger partial charge in [-0.15, -0.1) is 0 Å². The number of carbonyl (C=O) groups excluding carboxylic acids is 1. The van der Waals surface area contributed by atoms with Crippen LogP contribution in [0.25, 0.3) is 0 Å². The zero-order valence-corrected chi connectivity index (χ0v) is 10.6. The highest BCUT2D eigenvalue weighted by Crippen LogP contribution is 2.29. The summed E-state index contributed by atoms with van der Waals surface area (Å²) in [6.45, 7) is 0.139. The summed E-state index contributed by atoms with van der Waals surface area (Å²) >= 11 is 0. The predicted octanol–water partition coefficient (Wildman–Crippen LogP) is 0.300. The molecule has 7 nitrogen and oxygen atoms in total. The number of allylic oxidation sites excluding steroid dienone is 1. The van der Waals surface area contributed by atoms with E-state index >= 15 is 0 Å². The maximum absolute atomic E-state index is 11.1. The van der Waals surface area contributed by atoms with Crippen LogP contribution in [0.2, 0.25) is 0 Å². The number of hydrogen-bond acceptors (Lipinski definition) is 5. The van der Waals surface area contributed by atoms with E-state index in [0.29, 0.717) is 12.0 Å². The van der Waals surface area contributed by atoms with Gasteiger partial charge in [-0.25, -0.2) is 0 Å². The second-order valence-electron chi connectivity index (χ2n) is 4.35. The van der Waals surface area contributed by atoms with E-state index in [2.05, 4.69) is 0 Å². The zero-order chi connectivity index (χ0) is 14.9. The molecule has 1 aliphatic rings. The first-order chi connectivity index (χ1) is 9.41. The Balaban J connectivity index is 2.56. The fourth-order valence-electron chi connectivity index (χ4n) is 2.06. The summed E-state index contributed by atoms with van der Waals surface area (Å²) in [5, 5.41) is 35.2. The lowest BCUT2D eigenvalue weighted by molar-refractivity contribution is -0.112. The number of primary amides is 1. The Morgan fingerprint density at radius 1 is 1.30 bits per heavy atom. The Labute approximate surface area is 115 Å². The molecule has 0 saturated heterocycles. The van der Waals surface area contributed by atoms with Gasteiger partial charge in [0, 0.05) is 12.6 Å². The molecule has 1 aliphatic heterocycles. The van der Waals surface area contributed by atoms with Crippen molar-refractivity contribution in [2.24, 2.45) is 5.73 Å². The molecule has 6 N–H and O–H groups in total. The van der Waals surface area contributed by atoms with Crippen LogP contribution in [0.3, 0.4) is 0 Å². The Morgan fingerprint density at radius 2 is 2.00 bits per heavy atom. The van der Waals surface area contributed by atoms with E-state index in [-0.39, 0.29) is 29.4 Å². The van der Waals surface area contributed by atoms with Crippen molar-refractivity contribution in [1.29, 1.82) is 10.8 Å². The molecule has 1 heterocycles. The second-order valence-corrected chi connectivity index (χ2v) is 4.35. The van der Waals surface area contributed by atoms with E-state index in [0.717, 1.165) is 11.0 Å². The molecule has 0 aliphatic carbocycles. The third-order valence-corrected chi connectivity index (χ3v) is 2.99. The topological polar surface area (TPSA) is 134 Å². The molecular formula is C13H14N4O3. The van der Waals surface area contributed by atoms with Gasteiger partial charge in [0.05, 0.1) is 5.56 Å². The van der Waals surface area contributed by atoms with Crippen molar-refractivity contribution in [3.8, 4) is 11.5 Å². The number of amidine groups is 2. The quantitative estimate of drug-likeness (QED) is 0.264. The first-order valence-electron chi connectivity index (χ1n) is 5.86. The number of carbonyl (C=O) groups is 1. The minimum Gasteiger partial charge on any atom is -0.508 e. The van der Waals surface area contributed by atoms with Gasteiger partial charge in [-0.05, 0) is 18.1 Å². The van der Waals surface area contributed by atoms with E-state index in [1.54, 1.807) is 12.2 Å². The van der Waals surface area contributed by atoms with Gasteiger partial charge >= 0.3 is 0 Å². The lowest BCUT2D eigenvalue weighted by Crippen LogP contribution is -2.44. The van der Waals surface area contributed by atoms with Crippen LogP contribution in [0.15, 0.2) is 24.3 Å². The van der Waals surface area contributed by atoms with Crippen LogP contribution in [0.4, 0.5) is 0 Å². The van der Waals surface area contributed by atoms with Gasteiger partial charge in [0.25, 0.3) is 5.91 Å². The van der Waals surface area contributed by atoms with Crippen molar-refractivity contribution in [2.45, 2.75) is 6.42 Å². The van der Waals surface area contributed by atoms with Gasteiger partial charge in [0.15, 0.2) is 5.84 Å². The summed E-state index contributed by atoms with van der Waals surface area (Å²) < 4.78 is 0. The summed E-state index contributed by atoms with van der Waals surface area (Å²) in [6.07, 6.45) is 3.89. The number of phenolic OH excluding ortho intramolecular Hbond substituents is 2. The smallest absolute Gasteiger partial charge is 0.284 e. The highest BCUT2D eigenvalue weighted by atomic mass is 16.3. The number of nitrogens with two attached hydrogens (primary N) is 1. The van der Waals surface area contributed by atoms with Crippen molar-refractivity contribution >= 4 is 17.6 Å². The molecule has 104 valence electrons. The molecule has 1 aromatic rings. The number of rotatable bonds is 0. The minimum atomic E-state index is -0.955. The second kappa shape index (κ2) is 5.04. The number of hydrogen-bond donors (Lipinski definition) is 5. The van der Waals surface area contributed by atoms with Gasteiger partial charge in [-0.2, -0.15) is 0 Å². The average molecular weight is 274 g/mol. The molecule has 0 atom stereocenters. The Morgan fingerprint density at radius 3 is 2.65 bits per heavy atom. The molecule has 20 heavy (non-hydrogen) atoms. The van der Waals surface area contributed by atoms with E-state index in [1.165, 1.54) is 6.07 Å². The summed E-state index contributed by atoms with van der Waals surface area (Å²) in [6, 6.07) is 2.55. The molecule has 0 fully saturated rings. The van der Waals surface area contributed by atoms with Crippen LogP contribution < -0.4 is 5.73 Å². The molecule has 2 rings (SSSR count). The zero-order valence-electron chi connectivity index (χ0n) is 10.6. The Hall–Kier alpha value is -2.83. The SMILES string of the molecule is N=C(C(N)=O)N1C/C=C\Cc2cc(O)cc(O)c2C1=N. The predicted molar refractivity (Wildman–Crippen MR) is 73.1 cm³/mol. The largest absolute Gasteiger partial charge is 0.508 e. The number of benzene rings is 1. The van der Waals surface area contributed by atoms with Gasteiger partial charge in [0.2, 0.25) is 0 Å². The molecule has 1 aromatic carbocycles. The van der Waals surface area contributed by atoms with Crippen molar-refractivity contribution in [2.75, 3.05) is 6.54 Å². The molecule has 0 aromatic heterocycles. The number of nitrogens with zero attached hydrogens (tertiary/aromatic N) is 1. The van der Waals surface area contributed by atoms with Crippen LogP contribution in [0.5, 0.6) is 11.5 Å².